The van der Waals surface area contributed by atoms with Crippen LogP contribution in [-0.2, 0) is 35.6 Å². The van der Waals surface area contributed by atoms with E-state index < -0.39 is 6.29 Å². The molecule has 2 aliphatic heterocycles. The SMILES string of the molecule is CCNC(=O)NCc1cccc(-c2cccc([C@H]3O[C@@H](CN4CCc5cc(OC)c(OC)cc5C4)C[C@@H](c4ccc(CO)cc4)O3)c2)c1. The lowest BCUT2D eigenvalue weighted by Gasteiger charge is -2.39. The molecule has 0 aromatic heterocycles. The van der Waals surface area contributed by atoms with Crippen molar-refractivity contribution in [2.75, 3.05) is 33.9 Å². The third kappa shape index (κ3) is 7.99. The second-order valence-electron chi connectivity index (χ2n) is 12.4. The van der Waals surface area contributed by atoms with E-state index in [4.69, 9.17) is 18.9 Å². The number of methoxy groups -OCH3 is 2. The highest BCUT2D eigenvalue weighted by Gasteiger charge is 2.34. The molecular formula is C39H45N3O6. The van der Waals surface area contributed by atoms with Crippen LogP contribution in [0.3, 0.4) is 0 Å². The van der Waals surface area contributed by atoms with E-state index in [1.807, 2.05) is 49.4 Å². The van der Waals surface area contributed by atoms with Gasteiger partial charge in [-0.3, -0.25) is 4.90 Å². The Kier molecular flexibility index (Phi) is 10.9. The van der Waals surface area contributed by atoms with Crippen molar-refractivity contribution in [1.29, 1.82) is 0 Å². The molecule has 0 aliphatic carbocycles. The number of nitrogens with one attached hydrogen (secondary N) is 2. The zero-order valence-corrected chi connectivity index (χ0v) is 27.9. The monoisotopic (exact) mass is 651 g/mol. The first-order chi connectivity index (χ1) is 23.5. The topological polar surface area (TPSA) is 102 Å². The van der Waals surface area contributed by atoms with E-state index in [1.54, 1.807) is 14.2 Å². The molecule has 1 fully saturated rings. The number of benzene rings is 4. The van der Waals surface area contributed by atoms with Gasteiger partial charge in [-0.15, -0.1) is 0 Å². The van der Waals surface area contributed by atoms with Gasteiger partial charge in [0.1, 0.15) is 0 Å². The van der Waals surface area contributed by atoms with Crippen molar-refractivity contribution in [1.82, 2.24) is 15.5 Å². The van der Waals surface area contributed by atoms with E-state index in [1.165, 1.54) is 11.1 Å². The van der Waals surface area contributed by atoms with E-state index >= 15 is 0 Å². The van der Waals surface area contributed by atoms with Crippen molar-refractivity contribution < 1.29 is 28.8 Å². The molecule has 9 nitrogen and oxygen atoms in total. The van der Waals surface area contributed by atoms with Gasteiger partial charge in [0.05, 0.1) is 33.0 Å². The molecule has 0 spiro atoms. The zero-order chi connectivity index (χ0) is 33.5. The van der Waals surface area contributed by atoms with Crippen LogP contribution in [0.1, 0.15) is 59.1 Å². The summed E-state index contributed by atoms with van der Waals surface area (Å²) in [5.74, 6) is 1.51. The minimum Gasteiger partial charge on any atom is -0.493 e. The number of nitrogens with zero attached hydrogens (tertiary/aromatic N) is 1. The van der Waals surface area contributed by atoms with Crippen molar-refractivity contribution >= 4 is 6.03 Å². The molecule has 2 aliphatic rings. The van der Waals surface area contributed by atoms with Crippen LogP contribution in [0.5, 0.6) is 11.5 Å². The molecule has 2 heterocycles. The Morgan fingerprint density at radius 1 is 0.854 bits per heavy atom. The molecule has 4 aromatic rings. The Bertz CT molecular complexity index is 1690. The number of hydrogen-bond donors (Lipinski definition) is 3. The van der Waals surface area contributed by atoms with Gasteiger partial charge in [0.25, 0.3) is 0 Å². The molecule has 3 atom stereocenters. The lowest BCUT2D eigenvalue weighted by molar-refractivity contribution is -0.253. The summed E-state index contributed by atoms with van der Waals surface area (Å²) in [4.78, 5) is 14.4. The van der Waals surface area contributed by atoms with Crippen molar-refractivity contribution in [2.24, 2.45) is 0 Å². The quantitative estimate of drug-likeness (QED) is 0.175. The number of aliphatic hydroxyl groups is 1. The van der Waals surface area contributed by atoms with Crippen LogP contribution in [-0.4, -0.2) is 56.0 Å². The first-order valence-electron chi connectivity index (χ1n) is 16.6. The van der Waals surface area contributed by atoms with E-state index in [2.05, 4.69) is 58.0 Å². The highest BCUT2D eigenvalue weighted by Crippen LogP contribution is 2.40. The summed E-state index contributed by atoms with van der Waals surface area (Å²) >= 11 is 0. The van der Waals surface area contributed by atoms with Gasteiger partial charge in [0, 0.05) is 44.7 Å². The maximum Gasteiger partial charge on any atom is 0.315 e. The standard InChI is InChI=1S/C39H45N3O6/c1-4-40-39(44)41-22-27-7-5-8-29(17-27)30-9-6-10-32(18-30)38-47-34(21-35(48-38)28-13-11-26(25-43)12-14-28)24-42-16-15-31-19-36(45-2)37(46-3)20-33(31)23-42/h5-14,17-20,34-35,38,43H,4,15-16,21-25H2,1-3H3,(H2,40,41,44)/t34-,35+,38+/m1/s1. The number of rotatable bonds is 11. The highest BCUT2D eigenvalue weighted by atomic mass is 16.7. The summed E-state index contributed by atoms with van der Waals surface area (Å²) < 4.78 is 24.5. The molecule has 48 heavy (non-hydrogen) atoms. The average molecular weight is 652 g/mol. The summed E-state index contributed by atoms with van der Waals surface area (Å²) in [6, 6.07) is 28.5. The number of ether oxygens (including phenoxy) is 4. The second kappa shape index (κ2) is 15.7. The third-order valence-corrected chi connectivity index (χ3v) is 9.08. The maximum atomic E-state index is 11.9. The molecule has 0 saturated carbocycles. The van der Waals surface area contributed by atoms with Gasteiger partial charge in [0.2, 0.25) is 0 Å². The molecule has 252 valence electrons. The lowest BCUT2D eigenvalue weighted by atomic mass is 9.96. The number of carbonyl (C=O) groups is 1. The Morgan fingerprint density at radius 2 is 1.58 bits per heavy atom. The van der Waals surface area contributed by atoms with Crippen LogP contribution in [0.25, 0.3) is 11.1 Å². The smallest absolute Gasteiger partial charge is 0.315 e. The van der Waals surface area contributed by atoms with Crippen molar-refractivity contribution in [3.63, 3.8) is 0 Å². The minimum atomic E-state index is -0.560. The first kappa shape index (κ1) is 33.5. The number of aliphatic hydroxyl groups excluding tert-OH is 1. The molecule has 9 heteroatoms. The fourth-order valence-corrected chi connectivity index (χ4v) is 6.55. The van der Waals surface area contributed by atoms with Gasteiger partial charge in [-0.25, -0.2) is 4.79 Å². The Morgan fingerprint density at radius 3 is 2.31 bits per heavy atom. The van der Waals surface area contributed by atoms with Gasteiger partial charge >= 0.3 is 6.03 Å². The summed E-state index contributed by atoms with van der Waals surface area (Å²) in [5, 5.41) is 15.3. The van der Waals surface area contributed by atoms with Crippen molar-refractivity contribution in [3.8, 4) is 22.6 Å². The number of hydrogen-bond acceptors (Lipinski definition) is 7. The summed E-state index contributed by atoms with van der Waals surface area (Å²) in [5.41, 5.74) is 8.52. The predicted molar refractivity (Wildman–Crippen MR) is 185 cm³/mol. The molecule has 2 amide bonds. The van der Waals surface area contributed by atoms with Gasteiger partial charge in [-0.05, 0) is 76.6 Å². The predicted octanol–water partition coefficient (Wildman–Crippen LogP) is 6.29. The highest BCUT2D eigenvalue weighted by molar-refractivity contribution is 5.74. The van der Waals surface area contributed by atoms with Crippen LogP contribution in [0, 0.1) is 0 Å². The van der Waals surface area contributed by atoms with Crippen LogP contribution in [0.15, 0.2) is 84.9 Å². The minimum absolute atomic E-state index is 0.00322. The normalized spacial score (nSPS) is 19.3. The van der Waals surface area contributed by atoms with E-state index in [-0.39, 0.29) is 24.8 Å². The zero-order valence-electron chi connectivity index (χ0n) is 27.9. The molecule has 0 bridgehead atoms. The fraction of sp³-hybridized carbons (Fsp3) is 0.359. The first-order valence-corrected chi connectivity index (χ1v) is 16.6. The molecule has 3 N–H and O–H groups in total. The summed E-state index contributed by atoms with van der Waals surface area (Å²) in [6.45, 7) is 5.40. The van der Waals surface area contributed by atoms with Crippen molar-refractivity contribution in [3.05, 3.63) is 118 Å². The summed E-state index contributed by atoms with van der Waals surface area (Å²) in [7, 11) is 3.35. The number of urea groups is 1. The van der Waals surface area contributed by atoms with Crippen LogP contribution >= 0.6 is 0 Å². The lowest BCUT2D eigenvalue weighted by Crippen LogP contribution is -2.41. The Hall–Kier alpha value is -4.41. The third-order valence-electron chi connectivity index (χ3n) is 9.08. The second-order valence-corrected chi connectivity index (χ2v) is 12.4. The van der Waals surface area contributed by atoms with E-state index in [0.717, 1.165) is 70.9 Å². The Labute approximate surface area is 282 Å². The van der Waals surface area contributed by atoms with E-state index in [9.17, 15) is 9.90 Å². The molecule has 0 unspecified atom stereocenters. The molecule has 6 rings (SSSR count). The molecule has 0 radical (unpaired) electrons. The average Bonchev–Trinajstić information content (AvgIpc) is 3.13. The van der Waals surface area contributed by atoms with Gasteiger partial charge in [-0.2, -0.15) is 0 Å². The largest absolute Gasteiger partial charge is 0.493 e. The van der Waals surface area contributed by atoms with Gasteiger partial charge in [-0.1, -0.05) is 60.7 Å². The molecule has 4 aromatic carbocycles. The van der Waals surface area contributed by atoms with Gasteiger partial charge in [0.15, 0.2) is 17.8 Å². The van der Waals surface area contributed by atoms with E-state index in [0.29, 0.717) is 19.5 Å². The summed E-state index contributed by atoms with van der Waals surface area (Å²) in [6.07, 6.45) is 0.838. The number of carbonyl (C=O) groups excluding carboxylic acids is 1. The van der Waals surface area contributed by atoms with Crippen LogP contribution in [0.4, 0.5) is 4.79 Å². The number of fused-ring (bicyclic) bond motifs is 1. The molecular weight excluding hydrogens is 606 g/mol. The van der Waals surface area contributed by atoms with Crippen molar-refractivity contribution in [2.45, 2.75) is 58.0 Å². The fourth-order valence-electron chi connectivity index (χ4n) is 6.55. The van der Waals surface area contributed by atoms with Gasteiger partial charge < -0.3 is 34.7 Å². The molecule has 1 saturated heterocycles. The Balaban J connectivity index is 1.22. The van der Waals surface area contributed by atoms with Crippen LogP contribution < -0.4 is 20.1 Å². The number of amides is 2. The van der Waals surface area contributed by atoms with Crippen LogP contribution in [0.2, 0.25) is 0 Å². The maximum absolute atomic E-state index is 11.9.